The minimum atomic E-state index is -1.31. The normalized spacial score (nSPS) is 21.9. The zero-order valence-corrected chi connectivity index (χ0v) is 12.6. The van der Waals surface area contributed by atoms with Gasteiger partial charge in [0.25, 0.3) is 0 Å². The van der Waals surface area contributed by atoms with Gasteiger partial charge in [0.2, 0.25) is 0 Å². The fourth-order valence-electron chi connectivity index (χ4n) is 3.17. The van der Waals surface area contributed by atoms with Crippen LogP contribution in [0.1, 0.15) is 18.4 Å². The smallest absolute Gasteiger partial charge is 0.451 e. The molecule has 2 unspecified atom stereocenters. The Bertz CT molecular complexity index is 512. The molecule has 1 saturated heterocycles. The quantitative estimate of drug-likeness (QED) is 0.435. The maximum Gasteiger partial charge on any atom is 0.451 e. The lowest BCUT2D eigenvalue weighted by atomic mass is 9.80. The summed E-state index contributed by atoms with van der Waals surface area (Å²) in [6.45, 7) is 1.93. The molecule has 22 heavy (non-hydrogen) atoms. The highest BCUT2D eigenvalue weighted by Crippen LogP contribution is 2.29. The number of hydrogen-bond acceptors (Lipinski definition) is 5. The Hall–Kier alpha value is -1.57. The van der Waals surface area contributed by atoms with Crippen LogP contribution >= 0.6 is 0 Å². The number of hydrogen-bond donors (Lipinski definition) is 4. The number of likely N-dealkylation sites (tertiary alicyclic amines) is 1. The van der Waals surface area contributed by atoms with Gasteiger partial charge in [-0.15, -0.1) is 0 Å². The molecule has 1 fully saturated rings. The van der Waals surface area contributed by atoms with Gasteiger partial charge in [-0.05, 0) is 36.4 Å². The molecule has 1 aliphatic rings. The Kier molecular flexibility index (Phi) is 5.82. The van der Waals surface area contributed by atoms with Crippen molar-refractivity contribution in [3.8, 4) is 0 Å². The van der Waals surface area contributed by atoms with E-state index in [1.54, 1.807) is 0 Å². The van der Waals surface area contributed by atoms with E-state index >= 15 is 0 Å². The third-order valence-electron chi connectivity index (χ3n) is 4.23. The van der Waals surface area contributed by atoms with Gasteiger partial charge in [0.1, 0.15) is 0 Å². The van der Waals surface area contributed by atoms with Crippen LogP contribution in [0, 0.1) is 11.8 Å². The maximum absolute atomic E-state index is 11.4. The molecule has 120 valence electrons. The maximum atomic E-state index is 11.4. The molecule has 2 rings (SSSR count). The molecule has 0 spiro atoms. The van der Waals surface area contributed by atoms with E-state index in [0.29, 0.717) is 38.2 Å². The van der Waals surface area contributed by atoms with Gasteiger partial charge in [0.05, 0.1) is 5.92 Å². The van der Waals surface area contributed by atoms with E-state index in [1.165, 1.54) is 0 Å². The van der Waals surface area contributed by atoms with Crippen molar-refractivity contribution in [1.29, 1.82) is 0 Å². The number of carboxylic acids is 1. The second-order valence-corrected chi connectivity index (χ2v) is 6.06. The Morgan fingerprint density at radius 1 is 1.36 bits per heavy atom. The highest BCUT2D eigenvalue weighted by Gasteiger charge is 2.37. The summed E-state index contributed by atoms with van der Waals surface area (Å²) in [5.74, 6) is -1.11. The summed E-state index contributed by atoms with van der Waals surface area (Å²) in [5, 5.41) is 27.2. The van der Waals surface area contributed by atoms with Crippen LogP contribution in [-0.2, 0) is 11.3 Å². The van der Waals surface area contributed by atoms with Gasteiger partial charge in [0, 0.05) is 25.3 Å². The van der Waals surface area contributed by atoms with Crippen LogP contribution in [0.5, 0.6) is 0 Å². The molecule has 2 atom stereocenters. The minimum absolute atomic E-state index is 0.0531. The molecule has 7 heteroatoms. The molecule has 1 aromatic carbocycles. The van der Waals surface area contributed by atoms with Crippen molar-refractivity contribution in [3.05, 3.63) is 29.8 Å². The number of carboxylic acid groups (broad SMARTS) is 1. The summed E-state index contributed by atoms with van der Waals surface area (Å²) >= 11 is 0. The summed E-state index contributed by atoms with van der Waals surface area (Å²) in [4.78, 5) is 13.5. The Morgan fingerprint density at radius 3 is 2.77 bits per heavy atom. The van der Waals surface area contributed by atoms with Crippen LogP contribution in [0.25, 0.3) is 0 Å². The van der Waals surface area contributed by atoms with Crippen molar-refractivity contribution in [1.82, 2.24) is 4.90 Å². The van der Waals surface area contributed by atoms with Gasteiger partial charge in [-0.1, -0.05) is 18.6 Å². The second kappa shape index (κ2) is 7.62. The van der Waals surface area contributed by atoms with Crippen molar-refractivity contribution >= 4 is 18.8 Å². The number of nitrogens with two attached hydrogens (primary N) is 1. The monoisotopic (exact) mass is 306 g/mol. The standard InChI is InChI=1S/C15H23BN2O4/c17-13-5-1-3-11(7-13)8-18-9-12(4-2-6-16(21)22)14(10-18)15(19)20/h1,3,5,7,12,14,21-22H,2,4,6,8-10,17H2,(H,19,20). The van der Waals surface area contributed by atoms with Crippen LogP contribution in [0.3, 0.4) is 0 Å². The molecule has 5 N–H and O–H groups in total. The van der Waals surface area contributed by atoms with Crippen molar-refractivity contribution in [3.63, 3.8) is 0 Å². The van der Waals surface area contributed by atoms with Gasteiger partial charge in [-0.25, -0.2) is 0 Å². The van der Waals surface area contributed by atoms with Gasteiger partial charge in [0.15, 0.2) is 0 Å². The highest BCUT2D eigenvalue weighted by molar-refractivity contribution is 6.40. The number of nitrogen functional groups attached to an aromatic ring is 1. The summed E-state index contributed by atoms with van der Waals surface area (Å²) in [6.07, 6.45) is 1.61. The summed E-state index contributed by atoms with van der Waals surface area (Å²) in [5.41, 5.74) is 7.56. The first-order valence-electron chi connectivity index (χ1n) is 7.61. The van der Waals surface area contributed by atoms with Crippen LogP contribution in [0.2, 0.25) is 6.32 Å². The van der Waals surface area contributed by atoms with Crippen LogP contribution in [0.15, 0.2) is 24.3 Å². The van der Waals surface area contributed by atoms with E-state index in [4.69, 9.17) is 15.8 Å². The average Bonchev–Trinajstić information content (AvgIpc) is 2.81. The Balaban J connectivity index is 1.93. The zero-order valence-electron chi connectivity index (χ0n) is 12.6. The first-order chi connectivity index (χ1) is 10.5. The van der Waals surface area contributed by atoms with Gasteiger partial charge >= 0.3 is 13.1 Å². The lowest BCUT2D eigenvalue weighted by Gasteiger charge is -2.16. The second-order valence-electron chi connectivity index (χ2n) is 6.06. The topological polar surface area (TPSA) is 107 Å². The molecule has 0 radical (unpaired) electrons. The van der Waals surface area contributed by atoms with Gasteiger partial charge in [-0.3, -0.25) is 9.69 Å². The van der Waals surface area contributed by atoms with E-state index in [1.807, 2.05) is 24.3 Å². The lowest BCUT2D eigenvalue weighted by Crippen LogP contribution is -2.23. The lowest BCUT2D eigenvalue weighted by molar-refractivity contribution is -0.142. The first-order valence-corrected chi connectivity index (χ1v) is 7.61. The average molecular weight is 306 g/mol. The summed E-state index contributed by atoms with van der Waals surface area (Å²) in [6, 6.07) is 7.62. The fraction of sp³-hybridized carbons (Fsp3) is 0.533. The van der Waals surface area contributed by atoms with E-state index in [-0.39, 0.29) is 12.2 Å². The SMILES string of the molecule is Nc1cccc(CN2CC(CCCB(O)O)C(C(=O)O)C2)c1. The van der Waals surface area contributed by atoms with Gasteiger partial charge in [-0.2, -0.15) is 0 Å². The van der Waals surface area contributed by atoms with E-state index < -0.39 is 19.0 Å². The molecule has 0 bridgehead atoms. The molecular formula is C15H23BN2O4. The predicted molar refractivity (Wildman–Crippen MR) is 85.0 cm³/mol. The molecule has 1 aromatic rings. The molecule has 1 heterocycles. The van der Waals surface area contributed by atoms with Crippen LogP contribution < -0.4 is 5.73 Å². The van der Waals surface area contributed by atoms with Crippen molar-refractivity contribution in [2.45, 2.75) is 25.7 Å². The largest absolute Gasteiger partial charge is 0.481 e. The number of nitrogens with zero attached hydrogens (tertiary/aromatic N) is 1. The van der Waals surface area contributed by atoms with E-state index in [9.17, 15) is 9.90 Å². The minimum Gasteiger partial charge on any atom is -0.481 e. The number of aliphatic carboxylic acids is 1. The number of carbonyl (C=O) groups is 1. The third-order valence-corrected chi connectivity index (χ3v) is 4.23. The predicted octanol–water partition coefficient (Wildman–Crippen LogP) is 0.654. The Labute approximate surface area is 130 Å². The molecule has 1 aliphatic heterocycles. The number of anilines is 1. The molecule has 6 nitrogen and oxygen atoms in total. The molecule has 0 aromatic heterocycles. The highest BCUT2D eigenvalue weighted by atomic mass is 16.4. The molecule has 0 amide bonds. The number of rotatable bonds is 7. The summed E-state index contributed by atoms with van der Waals surface area (Å²) in [7, 11) is -1.31. The van der Waals surface area contributed by atoms with Gasteiger partial charge < -0.3 is 20.9 Å². The van der Waals surface area contributed by atoms with E-state index in [0.717, 1.165) is 5.56 Å². The van der Waals surface area contributed by atoms with E-state index in [2.05, 4.69) is 4.90 Å². The van der Waals surface area contributed by atoms with Crippen LogP contribution in [-0.4, -0.2) is 46.2 Å². The van der Waals surface area contributed by atoms with Crippen molar-refractivity contribution < 1.29 is 19.9 Å². The van der Waals surface area contributed by atoms with Crippen molar-refractivity contribution in [2.75, 3.05) is 18.8 Å². The van der Waals surface area contributed by atoms with Crippen LogP contribution in [0.4, 0.5) is 5.69 Å². The zero-order chi connectivity index (χ0) is 16.1. The molecule has 0 saturated carbocycles. The summed E-state index contributed by atoms with van der Waals surface area (Å²) < 4.78 is 0. The number of benzene rings is 1. The first kappa shape index (κ1) is 16.8. The fourth-order valence-corrected chi connectivity index (χ4v) is 3.17. The van der Waals surface area contributed by atoms with Crippen molar-refractivity contribution in [2.24, 2.45) is 11.8 Å². The molecular weight excluding hydrogens is 283 g/mol. The molecule has 0 aliphatic carbocycles. The Morgan fingerprint density at radius 2 is 2.14 bits per heavy atom. The third kappa shape index (κ3) is 4.73.